The minimum Gasteiger partial charge on any atom is -0.303 e. The molecule has 3 nitrogen and oxygen atoms in total. The smallest absolute Gasteiger partial charge is 0.123 e. The molecule has 2 saturated heterocycles. The molecule has 21 heavy (non-hydrogen) atoms. The van der Waals surface area contributed by atoms with Crippen molar-refractivity contribution < 1.29 is 4.39 Å². The summed E-state index contributed by atoms with van der Waals surface area (Å²) in [4.78, 5) is 7.57. The van der Waals surface area contributed by atoms with Crippen LogP contribution in [0.3, 0.4) is 0 Å². The lowest BCUT2D eigenvalue weighted by atomic mass is 10.1. The summed E-state index contributed by atoms with van der Waals surface area (Å²) < 4.78 is 12.8. The summed E-state index contributed by atoms with van der Waals surface area (Å²) in [5, 5.41) is 0. The molecular weight excluding hydrogens is 265 g/mol. The average molecular weight is 289 g/mol. The average Bonchev–Trinajstić information content (AvgIpc) is 2.49. The van der Waals surface area contributed by atoms with Crippen LogP contribution in [0.25, 0.3) is 6.08 Å². The molecule has 1 aromatic rings. The van der Waals surface area contributed by atoms with Crippen molar-refractivity contribution in [2.45, 2.75) is 6.04 Å². The lowest BCUT2D eigenvalue weighted by molar-refractivity contribution is 0.0246. The van der Waals surface area contributed by atoms with Gasteiger partial charge in [-0.2, -0.15) is 0 Å². The van der Waals surface area contributed by atoms with Gasteiger partial charge in [0.25, 0.3) is 0 Å². The molecule has 3 rings (SSSR count). The Hall–Kier alpha value is -1.23. The zero-order valence-electron chi connectivity index (χ0n) is 12.7. The SMILES string of the molecule is CN1CCN2CCN(C/C=C/c3ccc(F)cc3)C[C@H]2C1. The number of hydrogen-bond donors (Lipinski definition) is 0. The molecule has 0 amide bonds. The van der Waals surface area contributed by atoms with E-state index in [9.17, 15) is 4.39 Å². The van der Waals surface area contributed by atoms with Gasteiger partial charge in [-0.05, 0) is 24.7 Å². The van der Waals surface area contributed by atoms with Crippen molar-refractivity contribution in [3.63, 3.8) is 0 Å². The standard InChI is InChI=1S/C17H24FN3/c1-19-9-11-21-12-10-20(14-17(21)13-19)8-2-3-15-4-6-16(18)7-5-15/h2-7,17H,8-14H2,1H3/b3-2+/t17-/m1/s1. The van der Waals surface area contributed by atoms with E-state index in [0.29, 0.717) is 6.04 Å². The Morgan fingerprint density at radius 3 is 2.67 bits per heavy atom. The van der Waals surface area contributed by atoms with E-state index in [1.807, 2.05) is 12.1 Å². The van der Waals surface area contributed by atoms with Crippen molar-refractivity contribution >= 4 is 6.08 Å². The number of rotatable bonds is 3. The Morgan fingerprint density at radius 2 is 1.86 bits per heavy atom. The largest absolute Gasteiger partial charge is 0.303 e. The number of nitrogens with zero attached hydrogens (tertiary/aromatic N) is 3. The fourth-order valence-electron chi connectivity index (χ4n) is 3.25. The van der Waals surface area contributed by atoms with Crippen LogP contribution in [0.5, 0.6) is 0 Å². The maximum Gasteiger partial charge on any atom is 0.123 e. The van der Waals surface area contributed by atoms with E-state index in [1.54, 1.807) is 0 Å². The Labute approximate surface area is 126 Å². The Balaban J connectivity index is 1.50. The molecule has 0 spiro atoms. The molecule has 0 aliphatic carbocycles. The first kappa shape index (κ1) is 14.7. The molecule has 4 heteroatoms. The number of halogens is 1. The predicted octanol–water partition coefficient (Wildman–Crippen LogP) is 1.77. The maximum absolute atomic E-state index is 12.8. The third kappa shape index (κ3) is 3.90. The van der Waals surface area contributed by atoms with E-state index in [1.165, 1.54) is 38.3 Å². The molecule has 2 heterocycles. The summed E-state index contributed by atoms with van der Waals surface area (Å²) in [6.45, 7) is 8.04. The van der Waals surface area contributed by atoms with Crippen LogP contribution in [-0.4, -0.2) is 73.6 Å². The summed E-state index contributed by atoms with van der Waals surface area (Å²) in [7, 11) is 2.21. The molecule has 0 bridgehead atoms. The van der Waals surface area contributed by atoms with Crippen LogP contribution in [0.4, 0.5) is 4.39 Å². The normalized spacial score (nSPS) is 25.3. The Morgan fingerprint density at radius 1 is 1.10 bits per heavy atom. The molecule has 0 aromatic heterocycles. The van der Waals surface area contributed by atoms with Gasteiger partial charge in [0, 0.05) is 51.9 Å². The number of fused-ring (bicyclic) bond motifs is 1. The van der Waals surface area contributed by atoms with Gasteiger partial charge in [0.05, 0.1) is 0 Å². The third-order valence-electron chi connectivity index (χ3n) is 4.52. The summed E-state index contributed by atoms with van der Waals surface area (Å²) in [5.41, 5.74) is 1.06. The Kier molecular flexibility index (Phi) is 4.68. The van der Waals surface area contributed by atoms with Gasteiger partial charge in [0.15, 0.2) is 0 Å². The van der Waals surface area contributed by atoms with Crippen molar-refractivity contribution in [3.05, 3.63) is 41.7 Å². The highest BCUT2D eigenvalue weighted by Gasteiger charge is 2.30. The summed E-state index contributed by atoms with van der Waals surface area (Å²) in [6, 6.07) is 7.34. The van der Waals surface area contributed by atoms with E-state index in [4.69, 9.17) is 0 Å². The van der Waals surface area contributed by atoms with E-state index < -0.39 is 0 Å². The van der Waals surface area contributed by atoms with Crippen LogP contribution in [0.1, 0.15) is 5.56 Å². The highest BCUT2D eigenvalue weighted by atomic mass is 19.1. The van der Waals surface area contributed by atoms with Crippen molar-refractivity contribution in [1.82, 2.24) is 14.7 Å². The second kappa shape index (κ2) is 6.69. The molecule has 0 radical (unpaired) electrons. The molecule has 1 atom stereocenters. The van der Waals surface area contributed by atoms with Gasteiger partial charge in [-0.1, -0.05) is 24.3 Å². The van der Waals surface area contributed by atoms with Crippen LogP contribution in [0.2, 0.25) is 0 Å². The molecule has 2 aliphatic heterocycles. The van der Waals surface area contributed by atoms with Crippen LogP contribution < -0.4 is 0 Å². The van der Waals surface area contributed by atoms with Gasteiger partial charge in [-0.3, -0.25) is 9.80 Å². The quantitative estimate of drug-likeness (QED) is 0.840. The molecular formula is C17H24FN3. The zero-order chi connectivity index (χ0) is 14.7. The van der Waals surface area contributed by atoms with E-state index >= 15 is 0 Å². The molecule has 2 fully saturated rings. The van der Waals surface area contributed by atoms with Gasteiger partial charge in [-0.15, -0.1) is 0 Å². The maximum atomic E-state index is 12.8. The van der Waals surface area contributed by atoms with E-state index in [-0.39, 0.29) is 5.82 Å². The van der Waals surface area contributed by atoms with Gasteiger partial charge in [-0.25, -0.2) is 4.39 Å². The molecule has 0 saturated carbocycles. The number of likely N-dealkylation sites (N-methyl/N-ethyl adjacent to an activating group) is 1. The minimum atomic E-state index is -0.176. The molecule has 1 aromatic carbocycles. The van der Waals surface area contributed by atoms with Crippen LogP contribution in [-0.2, 0) is 0 Å². The summed E-state index contributed by atoms with van der Waals surface area (Å²) in [6.07, 6.45) is 4.27. The first-order chi connectivity index (χ1) is 10.2. The number of benzene rings is 1. The first-order valence-corrected chi connectivity index (χ1v) is 7.78. The molecule has 114 valence electrons. The van der Waals surface area contributed by atoms with Crippen LogP contribution >= 0.6 is 0 Å². The van der Waals surface area contributed by atoms with E-state index in [2.05, 4.69) is 33.9 Å². The van der Waals surface area contributed by atoms with Gasteiger partial charge < -0.3 is 4.90 Å². The van der Waals surface area contributed by atoms with Gasteiger partial charge >= 0.3 is 0 Å². The highest BCUT2D eigenvalue weighted by molar-refractivity contribution is 5.48. The monoisotopic (exact) mass is 289 g/mol. The lowest BCUT2D eigenvalue weighted by Crippen LogP contribution is -2.61. The number of hydrogen-bond acceptors (Lipinski definition) is 3. The zero-order valence-corrected chi connectivity index (χ0v) is 12.7. The number of piperazine rings is 2. The van der Waals surface area contributed by atoms with Crippen LogP contribution in [0, 0.1) is 5.82 Å². The van der Waals surface area contributed by atoms with Gasteiger partial charge in [0.1, 0.15) is 5.82 Å². The van der Waals surface area contributed by atoms with Crippen LogP contribution in [0.15, 0.2) is 30.3 Å². The van der Waals surface area contributed by atoms with E-state index in [0.717, 1.165) is 25.2 Å². The first-order valence-electron chi connectivity index (χ1n) is 7.78. The summed E-state index contributed by atoms with van der Waals surface area (Å²) in [5.74, 6) is -0.176. The highest BCUT2D eigenvalue weighted by Crippen LogP contribution is 2.14. The molecule has 0 unspecified atom stereocenters. The fourth-order valence-corrected chi connectivity index (χ4v) is 3.25. The molecule has 2 aliphatic rings. The van der Waals surface area contributed by atoms with Crippen molar-refractivity contribution in [2.24, 2.45) is 0 Å². The van der Waals surface area contributed by atoms with Gasteiger partial charge in [0.2, 0.25) is 0 Å². The minimum absolute atomic E-state index is 0.176. The second-order valence-electron chi connectivity index (χ2n) is 6.17. The Bertz CT molecular complexity index is 485. The fraction of sp³-hybridized carbons (Fsp3) is 0.529. The lowest BCUT2D eigenvalue weighted by Gasteiger charge is -2.46. The molecule has 0 N–H and O–H groups in total. The van der Waals surface area contributed by atoms with Crippen molar-refractivity contribution in [2.75, 3.05) is 52.9 Å². The van der Waals surface area contributed by atoms with Crippen molar-refractivity contribution in [1.29, 1.82) is 0 Å². The third-order valence-corrected chi connectivity index (χ3v) is 4.52. The van der Waals surface area contributed by atoms with Crippen molar-refractivity contribution in [3.8, 4) is 0 Å². The second-order valence-corrected chi connectivity index (χ2v) is 6.17. The predicted molar refractivity (Wildman–Crippen MR) is 84.7 cm³/mol. The topological polar surface area (TPSA) is 9.72 Å². The summed E-state index contributed by atoms with van der Waals surface area (Å²) >= 11 is 0.